The van der Waals surface area contributed by atoms with Crippen molar-refractivity contribution in [2.75, 3.05) is 20.1 Å². The monoisotopic (exact) mass is 332 g/mol. The van der Waals surface area contributed by atoms with Crippen LogP contribution in [0.2, 0.25) is 5.02 Å². The van der Waals surface area contributed by atoms with E-state index >= 15 is 0 Å². The maximum absolute atomic E-state index is 12.3. The number of carbonyl (C=O) groups excluding carboxylic acids is 1. The molecule has 0 aliphatic rings. The third-order valence-electron chi connectivity index (χ3n) is 2.73. The van der Waals surface area contributed by atoms with E-state index < -0.39 is 0 Å². The summed E-state index contributed by atoms with van der Waals surface area (Å²) in [4.78, 5) is 13.9. The minimum absolute atomic E-state index is 0.0889. The van der Waals surface area contributed by atoms with Gasteiger partial charge in [-0.2, -0.15) is 0 Å². The van der Waals surface area contributed by atoms with Gasteiger partial charge in [-0.1, -0.05) is 41.4 Å². The molecule has 0 bridgehead atoms. The zero-order valence-corrected chi connectivity index (χ0v) is 13.2. The van der Waals surface area contributed by atoms with Crippen LogP contribution in [0, 0.1) is 5.41 Å². The van der Waals surface area contributed by atoms with Crippen molar-refractivity contribution in [1.29, 1.82) is 0 Å². The summed E-state index contributed by atoms with van der Waals surface area (Å²) in [6.45, 7) is 5.17. The maximum atomic E-state index is 12.3. The third kappa shape index (κ3) is 3.97. The standard InChI is InChI=1S/C13H18BrClN2O/c1-13(2,7-16)8-17(3)12(18)10-5-4-9(14)6-11(10)15/h4-6H,7-8,16H2,1-3H3. The first-order valence-electron chi connectivity index (χ1n) is 5.67. The summed E-state index contributed by atoms with van der Waals surface area (Å²) in [5.74, 6) is -0.0889. The van der Waals surface area contributed by atoms with Crippen LogP contribution in [0.25, 0.3) is 0 Å². The highest BCUT2D eigenvalue weighted by Crippen LogP contribution is 2.23. The molecule has 0 unspecified atom stereocenters. The number of amides is 1. The minimum atomic E-state index is -0.105. The maximum Gasteiger partial charge on any atom is 0.255 e. The van der Waals surface area contributed by atoms with Gasteiger partial charge >= 0.3 is 0 Å². The molecule has 3 nitrogen and oxygen atoms in total. The fourth-order valence-corrected chi connectivity index (χ4v) is 2.40. The molecule has 0 atom stereocenters. The highest BCUT2D eigenvalue weighted by atomic mass is 79.9. The molecule has 0 radical (unpaired) electrons. The smallest absolute Gasteiger partial charge is 0.255 e. The molecule has 1 amide bonds. The Hall–Kier alpha value is -0.580. The molecule has 1 aromatic rings. The van der Waals surface area contributed by atoms with Crippen LogP contribution in [0.3, 0.4) is 0 Å². The molecule has 1 aromatic carbocycles. The van der Waals surface area contributed by atoms with E-state index in [1.165, 1.54) is 0 Å². The van der Waals surface area contributed by atoms with E-state index in [4.69, 9.17) is 17.3 Å². The van der Waals surface area contributed by atoms with E-state index in [0.717, 1.165) is 4.47 Å². The number of rotatable bonds is 4. The second kappa shape index (κ2) is 6.04. The molecule has 100 valence electrons. The van der Waals surface area contributed by atoms with Crippen molar-refractivity contribution >= 4 is 33.4 Å². The Bertz CT molecular complexity index is 449. The number of nitrogens with zero attached hydrogens (tertiary/aromatic N) is 1. The summed E-state index contributed by atoms with van der Waals surface area (Å²) >= 11 is 9.39. The average Bonchev–Trinajstić information content (AvgIpc) is 2.27. The van der Waals surface area contributed by atoms with Crippen LogP contribution in [-0.2, 0) is 0 Å². The summed E-state index contributed by atoms with van der Waals surface area (Å²) in [5, 5.41) is 0.451. The Balaban J connectivity index is 2.87. The molecule has 0 saturated carbocycles. The SMILES string of the molecule is CN(CC(C)(C)CN)C(=O)c1ccc(Br)cc1Cl. The van der Waals surface area contributed by atoms with Crippen LogP contribution in [0.1, 0.15) is 24.2 Å². The second-order valence-corrected chi connectivity index (χ2v) is 6.48. The summed E-state index contributed by atoms with van der Waals surface area (Å²) in [6, 6.07) is 5.25. The van der Waals surface area contributed by atoms with Gasteiger partial charge in [-0.05, 0) is 30.2 Å². The van der Waals surface area contributed by atoms with Crippen molar-refractivity contribution in [3.63, 3.8) is 0 Å². The van der Waals surface area contributed by atoms with Gasteiger partial charge in [0.25, 0.3) is 5.91 Å². The molecule has 0 saturated heterocycles. The van der Waals surface area contributed by atoms with Gasteiger partial charge in [0.05, 0.1) is 10.6 Å². The first-order valence-corrected chi connectivity index (χ1v) is 6.84. The molecular weight excluding hydrogens is 316 g/mol. The van der Waals surface area contributed by atoms with Gasteiger partial charge in [-0.25, -0.2) is 0 Å². The van der Waals surface area contributed by atoms with Crippen molar-refractivity contribution in [2.24, 2.45) is 11.1 Å². The van der Waals surface area contributed by atoms with E-state index in [0.29, 0.717) is 23.7 Å². The van der Waals surface area contributed by atoms with Gasteiger partial charge < -0.3 is 10.6 Å². The summed E-state index contributed by atoms with van der Waals surface area (Å²) < 4.78 is 0.856. The van der Waals surface area contributed by atoms with Gasteiger partial charge in [-0.3, -0.25) is 4.79 Å². The topological polar surface area (TPSA) is 46.3 Å². The van der Waals surface area contributed by atoms with Gasteiger partial charge in [-0.15, -0.1) is 0 Å². The Morgan fingerprint density at radius 2 is 2.11 bits per heavy atom. The van der Waals surface area contributed by atoms with Gasteiger partial charge in [0, 0.05) is 18.1 Å². The van der Waals surface area contributed by atoms with Crippen LogP contribution < -0.4 is 5.73 Å². The van der Waals surface area contributed by atoms with E-state index in [2.05, 4.69) is 15.9 Å². The zero-order chi connectivity index (χ0) is 13.9. The number of carbonyl (C=O) groups is 1. The number of nitrogens with two attached hydrogens (primary N) is 1. The lowest BCUT2D eigenvalue weighted by atomic mass is 9.93. The highest BCUT2D eigenvalue weighted by molar-refractivity contribution is 9.10. The van der Waals surface area contributed by atoms with E-state index in [9.17, 15) is 4.79 Å². The number of hydrogen-bond acceptors (Lipinski definition) is 2. The fraction of sp³-hybridized carbons (Fsp3) is 0.462. The number of hydrogen-bond donors (Lipinski definition) is 1. The van der Waals surface area contributed by atoms with Crippen molar-refractivity contribution in [2.45, 2.75) is 13.8 Å². The molecule has 0 heterocycles. The zero-order valence-electron chi connectivity index (χ0n) is 10.8. The predicted molar refractivity (Wildman–Crippen MR) is 78.9 cm³/mol. The summed E-state index contributed by atoms with van der Waals surface area (Å²) in [7, 11) is 1.76. The Kier molecular flexibility index (Phi) is 5.20. The minimum Gasteiger partial charge on any atom is -0.341 e. The lowest BCUT2D eigenvalue weighted by Crippen LogP contribution is -2.39. The van der Waals surface area contributed by atoms with E-state index in [1.807, 2.05) is 13.8 Å². The summed E-state index contributed by atoms with van der Waals surface area (Å²) in [5.41, 5.74) is 6.08. The predicted octanol–water partition coefficient (Wildman–Crippen LogP) is 3.16. The first-order chi connectivity index (χ1) is 8.26. The van der Waals surface area contributed by atoms with Crippen molar-refractivity contribution in [3.8, 4) is 0 Å². The lowest BCUT2D eigenvalue weighted by molar-refractivity contribution is 0.0740. The molecule has 2 N–H and O–H groups in total. The van der Waals surface area contributed by atoms with Crippen molar-refractivity contribution < 1.29 is 4.79 Å². The van der Waals surface area contributed by atoms with Crippen molar-refractivity contribution in [1.82, 2.24) is 4.90 Å². The van der Waals surface area contributed by atoms with Crippen LogP contribution in [0.15, 0.2) is 22.7 Å². The van der Waals surface area contributed by atoms with Crippen molar-refractivity contribution in [3.05, 3.63) is 33.3 Å². The van der Waals surface area contributed by atoms with Crippen LogP contribution in [0.4, 0.5) is 0 Å². The quantitative estimate of drug-likeness (QED) is 0.920. The van der Waals surface area contributed by atoms with Crippen LogP contribution >= 0.6 is 27.5 Å². The molecular formula is C13H18BrClN2O. The van der Waals surface area contributed by atoms with Gasteiger partial charge in [0.1, 0.15) is 0 Å². The molecule has 1 rings (SSSR count). The Morgan fingerprint density at radius 1 is 1.50 bits per heavy atom. The van der Waals surface area contributed by atoms with Gasteiger partial charge in [0.15, 0.2) is 0 Å². The first kappa shape index (κ1) is 15.5. The third-order valence-corrected chi connectivity index (χ3v) is 3.53. The van der Waals surface area contributed by atoms with Crippen LogP contribution in [0.5, 0.6) is 0 Å². The molecule has 5 heteroatoms. The highest BCUT2D eigenvalue weighted by Gasteiger charge is 2.23. The number of benzene rings is 1. The molecule has 0 aromatic heterocycles. The molecule has 0 aliphatic carbocycles. The lowest BCUT2D eigenvalue weighted by Gasteiger charge is -2.29. The Labute approximate surface area is 121 Å². The summed E-state index contributed by atoms with van der Waals surface area (Å²) in [6.07, 6.45) is 0. The normalized spacial score (nSPS) is 11.4. The number of halogens is 2. The van der Waals surface area contributed by atoms with E-state index in [-0.39, 0.29) is 11.3 Å². The molecule has 18 heavy (non-hydrogen) atoms. The second-order valence-electron chi connectivity index (χ2n) is 5.15. The molecule has 0 fully saturated rings. The largest absolute Gasteiger partial charge is 0.341 e. The fourth-order valence-electron chi connectivity index (χ4n) is 1.65. The van der Waals surface area contributed by atoms with E-state index in [1.54, 1.807) is 30.1 Å². The van der Waals surface area contributed by atoms with Crippen LogP contribution in [-0.4, -0.2) is 30.9 Å². The molecule has 0 spiro atoms. The Morgan fingerprint density at radius 3 is 2.61 bits per heavy atom. The molecule has 0 aliphatic heterocycles. The van der Waals surface area contributed by atoms with Gasteiger partial charge in [0.2, 0.25) is 0 Å². The average molecular weight is 334 g/mol.